The van der Waals surface area contributed by atoms with E-state index in [1.165, 1.54) is 5.56 Å². The van der Waals surface area contributed by atoms with Gasteiger partial charge in [0.05, 0.1) is 0 Å². The average molecular weight is 201 g/mol. The first kappa shape index (κ1) is 9.97. The number of hydrogen-bond acceptors (Lipinski definition) is 1. The van der Waals surface area contributed by atoms with Crippen LogP contribution in [0, 0.1) is 0 Å². The molecule has 78 valence electrons. The van der Waals surface area contributed by atoms with Crippen molar-refractivity contribution in [3.05, 3.63) is 42.1 Å². The Labute approximate surface area is 90.2 Å². The molecular formula is C13H15NO. The molecule has 0 saturated carbocycles. The molecule has 0 spiro atoms. The molecule has 0 aliphatic carbocycles. The van der Waals surface area contributed by atoms with E-state index in [0.717, 1.165) is 5.69 Å². The molecule has 2 heteroatoms. The number of hydrogen-bond donors (Lipinski definition) is 0. The third-order valence-corrected chi connectivity index (χ3v) is 2.65. The van der Waals surface area contributed by atoms with E-state index in [1.54, 1.807) is 4.90 Å². The summed E-state index contributed by atoms with van der Waals surface area (Å²) in [6.45, 7) is 4.33. The molecule has 0 unspecified atom stereocenters. The average Bonchev–Trinajstić information content (AvgIpc) is 2.65. The van der Waals surface area contributed by atoms with Gasteiger partial charge in [0.1, 0.15) is 0 Å². The van der Waals surface area contributed by atoms with E-state index in [0.29, 0.717) is 12.3 Å². The lowest BCUT2D eigenvalue weighted by molar-refractivity contribution is -0.116. The summed E-state index contributed by atoms with van der Waals surface area (Å²) in [5, 5.41) is 0. The number of anilines is 1. The van der Waals surface area contributed by atoms with Gasteiger partial charge in [-0.1, -0.05) is 32.1 Å². The molecule has 0 N–H and O–H groups in total. The van der Waals surface area contributed by atoms with Gasteiger partial charge < -0.3 is 0 Å². The number of amides is 1. The third-order valence-electron chi connectivity index (χ3n) is 2.65. The summed E-state index contributed by atoms with van der Waals surface area (Å²) in [5.74, 6) is 0.677. The fraction of sp³-hybridized carbons (Fsp3) is 0.308. The van der Waals surface area contributed by atoms with Crippen molar-refractivity contribution >= 4 is 11.6 Å². The first-order valence-corrected chi connectivity index (χ1v) is 5.27. The lowest BCUT2D eigenvalue weighted by Gasteiger charge is -2.14. The number of rotatable bonds is 2. The molecule has 1 amide bonds. The molecule has 15 heavy (non-hydrogen) atoms. The predicted octanol–water partition coefficient (Wildman–Crippen LogP) is 3.06. The van der Waals surface area contributed by atoms with Crippen LogP contribution in [0.3, 0.4) is 0 Å². The molecule has 2 rings (SSSR count). The maximum absolute atomic E-state index is 11.5. The van der Waals surface area contributed by atoms with E-state index in [1.807, 2.05) is 24.4 Å². The van der Waals surface area contributed by atoms with Crippen LogP contribution in [0.4, 0.5) is 5.69 Å². The van der Waals surface area contributed by atoms with Gasteiger partial charge in [0.15, 0.2) is 0 Å². The van der Waals surface area contributed by atoms with Crippen LogP contribution in [0.15, 0.2) is 36.5 Å². The highest BCUT2D eigenvalue weighted by atomic mass is 16.2. The second-order valence-electron chi connectivity index (χ2n) is 4.10. The van der Waals surface area contributed by atoms with E-state index < -0.39 is 0 Å². The summed E-state index contributed by atoms with van der Waals surface area (Å²) < 4.78 is 0. The van der Waals surface area contributed by atoms with E-state index in [-0.39, 0.29) is 5.91 Å². The molecule has 1 aliphatic rings. The maximum atomic E-state index is 11.5. The van der Waals surface area contributed by atoms with Crippen molar-refractivity contribution in [2.45, 2.75) is 26.2 Å². The molecule has 1 aromatic carbocycles. The lowest BCUT2D eigenvalue weighted by Crippen LogP contribution is -2.19. The summed E-state index contributed by atoms with van der Waals surface area (Å²) in [6.07, 6.45) is 4.25. The Bertz CT molecular complexity index is 390. The Morgan fingerprint density at radius 2 is 1.87 bits per heavy atom. The molecule has 1 aliphatic heterocycles. The third kappa shape index (κ3) is 1.94. The van der Waals surface area contributed by atoms with Gasteiger partial charge in [-0.2, -0.15) is 0 Å². The minimum absolute atomic E-state index is 0.146. The normalized spacial score (nSPS) is 15.4. The zero-order valence-electron chi connectivity index (χ0n) is 9.10. The topological polar surface area (TPSA) is 20.3 Å². The van der Waals surface area contributed by atoms with Crippen molar-refractivity contribution < 1.29 is 4.79 Å². The smallest absolute Gasteiger partial charge is 0.234 e. The van der Waals surface area contributed by atoms with Gasteiger partial charge >= 0.3 is 0 Å². The molecule has 0 atom stereocenters. The van der Waals surface area contributed by atoms with E-state index >= 15 is 0 Å². The Hall–Kier alpha value is -1.57. The zero-order chi connectivity index (χ0) is 10.8. The molecule has 0 bridgehead atoms. The molecule has 1 heterocycles. The first-order valence-electron chi connectivity index (χ1n) is 5.27. The highest BCUT2D eigenvalue weighted by Gasteiger charge is 2.16. The van der Waals surface area contributed by atoms with E-state index in [4.69, 9.17) is 0 Å². The minimum atomic E-state index is 0.146. The van der Waals surface area contributed by atoms with Gasteiger partial charge in [-0.25, -0.2) is 0 Å². The van der Waals surface area contributed by atoms with Crippen LogP contribution < -0.4 is 4.90 Å². The van der Waals surface area contributed by atoms with Crippen LogP contribution >= 0.6 is 0 Å². The minimum Gasteiger partial charge on any atom is -0.288 e. The van der Waals surface area contributed by atoms with Crippen molar-refractivity contribution in [1.82, 2.24) is 0 Å². The monoisotopic (exact) mass is 201 g/mol. The number of carbonyl (C=O) groups is 1. The summed E-state index contributed by atoms with van der Waals surface area (Å²) in [7, 11) is 0. The van der Waals surface area contributed by atoms with Crippen LogP contribution in [-0.4, -0.2) is 5.91 Å². The Morgan fingerprint density at radius 1 is 1.20 bits per heavy atom. The molecule has 0 aromatic heterocycles. The van der Waals surface area contributed by atoms with Crippen molar-refractivity contribution in [2.24, 2.45) is 0 Å². The highest BCUT2D eigenvalue weighted by molar-refractivity contribution is 5.98. The SMILES string of the molecule is CC(C)c1ccc(N2C=CCC2=O)cc1. The second-order valence-corrected chi connectivity index (χ2v) is 4.10. The summed E-state index contributed by atoms with van der Waals surface area (Å²) in [4.78, 5) is 13.2. The van der Waals surface area contributed by atoms with Crippen LogP contribution in [0.1, 0.15) is 31.7 Å². The van der Waals surface area contributed by atoms with Crippen molar-refractivity contribution in [2.75, 3.05) is 4.90 Å². The van der Waals surface area contributed by atoms with Gasteiger partial charge in [0, 0.05) is 18.3 Å². The fourth-order valence-corrected chi connectivity index (χ4v) is 1.69. The maximum Gasteiger partial charge on any atom is 0.234 e. The lowest BCUT2D eigenvalue weighted by atomic mass is 10.0. The van der Waals surface area contributed by atoms with Gasteiger partial charge in [0.25, 0.3) is 0 Å². The molecule has 1 aromatic rings. The zero-order valence-corrected chi connectivity index (χ0v) is 9.10. The first-order chi connectivity index (χ1) is 7.18. The van der Waals surface area contributed by atoms with Crippen LogP contribution in [0.5, 0.6) is 0 Å². The van der Waals surface area contributed by atoms with Crippen molar-refractivity contribution in [3.8, 4) is 0 Å². The number of benzene rings is 1. The van der Waals surface area contributed by atoms with Crippen molar-refractivity contribution in [1.29, 1.82) is 0 Å². The van der Waals surface area contributed by atoms with Crippen molar-refractivity contribution in [3.63, 3.8) is 0 Å². The second kappa shape index (κ2) is 3.89. The molecular weight excluding hydrogens is 186 g/mol. The Balaban J connectivity index is 2.23. The predicted molar refractivity (Wildman–Crippen MR) is 61.8 cm³/mol. The molecule has 2 nitrogen and oxygen atoms in total. The summed E-state index contributed by atoms with van der Waals surface area (Å²) in [5.41, 5.74) is 2.26. The van der Waals surface area contributed by atoms with Crippen LogP contribution in [0.2, 0.25) is 0 Å². The summed E-state index contributed by atoms with van der Waals surface area (Å²) in [6, 6.07) is 8.17. The molecule has 0 fully saturated rings. The van der Waals surface area contributed by atoms with Gasteiger partial charge in [-0.15, -0.1) is 0 Å². The quantitative estimate of drug-likeness (QED) is 0.720. The standard InChI is InChI=1S/C13H15NO/c1-10(2)11-5-7-12(8-6-11)14-9-3-4-13(14)15/h3,5-10H,4H2,1-2H3. The Morgan fingerprint density at radius 3 is 2.33 bits per heavy atom. The Kier molecular flexibility index (Phi) is 2.58. The molecule has 0 radical (unpaired) electrons. The van der Waals surface area contributed by atoms with Gasteiger partial charge in [0.2, 0.25) is 5.91 Å². The largest absolute Gasteiger partial charge is 0.288 e. The van der Waals surface area contributed by atoms with E-state index in [9.17, 15) is 4.79 Å². The van der Waals surface area contributed by atoms with Gasteiger partial charge in [-0.05, 0) is 23.6 Å². The van der Waals surface area contributed by atoms with E-state index in [2.05, 4.69) is 26.0 Å². The number of nitrogens with zero attached hydrogens (tertiary/aromatic N) is 1. The highest BCUT2D eigenvalue weighted by Crippen LogP contribution is 2.22. The summed E-state index contributed by atoms with van der Waals surface area (Å²) >= 11 is 0. The van der Waals surface area contributed by atoms with Crippen LogP contribution in [0.25, 0.3) is 0 Å². The molecule has 0 saturated heterocycles. The van der Waals surface area contributed by atoms with Crippen LogP contribution in [-0.2, 0) is 4.79 Å². The number of carbonyl (C=O) groups excluding carboxylic acids is 1. The van der Waals surface area contributed by atoms with Gasteiger partial charge in [-0.3, -0.25) is 9.69 Å². The fourth-order valence-electron chi connectivity index (χ4n) is 1.69.